The molecule has 0 aromatic heterocycles. The van der Waals surface area contributed by atoms with Crippen LogP contribution in [0.1, 0.15) is 31.0 Å². The van der Waals surface area contributed by atoms with Gasteiger partial charge in [0.2, 0.25) is 15.9 Å². The van der Waals surface area contributed by atoms with E-state index in [1.54, 1.807) is 31.2 Å². The van der Waals surface area contributed by atoms with Gasteiger partial charge in [-0.25, -0.2) is 8.42 Å². The predicted molar refractivity (Wildman–Crippen MR) is 108 cm³/mol. The number of hydrogen-bond acceptors (Lipinski definition) is 4. The molecule has 2 aromatic carbocycles. The van der Waals surface area contributed by atoms with Crippen LogP contribution < -0.4 is 14.4 Å². The first-order valence-electron chi connectivity index (χ1n) is 8.64. The minimum absolute atomic E-state index is 0.243. The Morgan fingerprint density at radius 1 is 1.11 bits per heavy atom. The molecule has 146 valence electrons. The molecule has 0 aliphatic carbocycles. The molecule has 27 heavy (non-hydrogen) atoms. The van der Waals surface area contributed by atoms with Gasteiger partial charge in [0.25, 0.3) is 0 Å². The van der Waals surface area contributed by atoms with E-state index in [9.17, 15) is 13.2 Å². The van der Waals surface area contributed by atoms with Crippen molar-refractivity contribution in [3.05, 3.63) is 59.7 Å². The molecule has 1 N–H and O–H groups in total. The van der Waals surface area contributed by atoms with Crippen molar-refractivity contribution in [2.75, 3.05) is 17.7 Å². The Morgan fingerprint density at radius 2 is 1.74 bits per heavy atom. The van der Waals surface area contributed by atoms with E-state index in [0.717, 1.165) is 21.7 Å². The lowest BCUT2D eigenvalue weighted by Gasteiger charge is -2.29. The lowest BCUT2D eigenvalue weighted by atomic mass is 10.1. The Bertz CT molecular complexity index is 894. The summed E-state index contributed by atoms with van der Waals surface area (Å²) in [5.41, 5.74) is 2.46. The van der Waals surface area contributed by atoms with Crippen LogP contribution in [0.5, 0.6) is 5.75 Å². The highest BCUT2D eigenvalue weighted by Gasteiger charge is 2.30. The lowest BCUT2D eigenvalue weighted by Crippen LogP contribution is -2.48. The number of carbonyl (C=O) groups excluding carboxylic acids is 1. The Labute approximate surface area is 161 Å². The fourth-order valence-electron chi connectivity index (χ4n) is 2.83. The number of ether oxygens (including phenoxy) is 1. The summed E-state index contributed by atoms with van der Waals surface area (Å²) in [6.45, 7) is 5.43. The van der Waals surface area contributed by atoms with Gasteiger partial charge in [0.15, 0.2) is 0 Å². The summed E-state index contributed by atoms with van der Waals surface area (Å²) in [6.07, 6.45) is 1.08. The fourth-order valence-corrected chi connectivity index (χ4v) is 4.00. The van der Waals surface area contributed by atoms with Gasteiger partial charge in [0.05, 0.1) is 25.1 Å². The molecule has 7 heteroatoms. The van der Waals surface area contributed by atoms with Crippen molar-refractivity contribution in [1.82, 2.24) is 5.32 Å². The highest BCUT2D eigenvalue weighted by Crippen LogP contribution is 2.25. The molecular weight excluding hydrogens is 364 g/mol. The number of aryl methyl sites for hydroxylation is 1. The van der Waals surface area contributed by atoms with Crippen LogP contribution in [0.25, 0.3) is 0 Å². The van der Waals surface area contributed by atoms with Gasteiger partial charge < -0.3 is 10.1 Å². The van der Waals surface area contributed by atoms with Crippen LogP contribution in [0, 0.1) is 6.92 Å². The summed E-state index contributed by atoms with van der Waals surface area (Å²) < 4.78 is 31.0. The van der Waals surface area contributed by atoms with Crippen molar-refractivity contribution < 1.29 is 17.9 Å². The van der Waals surface area contributed by atoms with Crippen LogP contribution >= 0.6 is 0 Å². The normalized spacial score (nSPS) is 13.5. The maximum absolute atomic E-state index is 12.8. The quantitative estimate of drug-likeness (QED) is 0.788. The molecule has 0 radical (unpaired) electrons. The highest BCUT2D eigenvalue weighted by molar-refractivity contribution is 7.92. The van der Waals surface area contributed by atoms with Gasteiger partial charge in [-0.2, -0.15) is 0 Å². The molecule has 0 fully saturated rings. The van der Waals surface area contributed by atoms with Gasteiger partial charge in [0, 0.05) is 6.07 Å². The topological polar surface area (TPSA) is 75.7 Å². The van der Waals surface area contributed by atoms with Crippen molar-refractivity contribution >= 4 is 21.6 Å². The third kappa shape index (κ3) is 5.23. The minimum atomic E-state index is -3.68. The third-order valence-electron chi connectivity index (χ3n) is 4.33. The molecule has 0 spiro atoms. The monoisotopic (exact) mass is 390 g/mol. The van der Waals surface area contributed by atoms with E-state index < -0.39 is 16.1 Å². The van der Waals surface area contributed by atoms with Crippen molar-refractivity contribution in [2.45, 2.75) is 32.9 Å². The number of benzene rings is 2. The van der Waals surface area contributed by atoms with Gasteiger partial charge >= 0.3 is 0 Å². The maximum Gasteiger partial charge on any atom is 0.244 e. The summed E-state index contributed by atoms with van der Waals surface area (Å²) in [7, 11) is -2.17. The molecule has 0 saturated carbocycles. The summed E-state index contributed by atoms with van der Waals surface area (Å²) in [5, 5.41) is 2.89. The number of anilines is 1. The molecule has 0 heterocycles. The van der Waals surface area contributed by atoms with Gasteiger partial charge in [-0.05, 0) is 38.5 Å². The molecule has 6 nitrogen and oxygen atoms in total. The number of rotatable bonds is 7. The predicted octanol–water partition coefficient (Wildman–Crippen LogP) is 3.04. The molecular formula is C20H26N2O4S. The molecule has 0 bridgehead atoms. The zero-order valence-corrected chi connectivity index (χ0v) is 17.1. The molecule has 0 saturated heterocycles. The number of amides is 1. The van der Waals surface area contributed by atoms with Gasteiger partial charge in [-0.1, -0.05) is 35.9 Å². The standard InChI is InChI=1S/C20H26N2O4S/c1-14-9-11-17(12-10-14)15(2)21-20(23)16(3)22(27(5,24)25)18-7-6-8-19(13-18)26-4/h6-13,15-16H,1-5H3,(H,21,23)/t15-,16-/m1/s1. The summed E-state index contributed by atoms with van der Waals surface area (Å²) >= 11 is 0. The van der Waals surface area contributed by atoms with E-state index in [1.807, 2.05) is 38.1 Å². The first-order chi connectivity index (χ1) is 12.6. The van der Waals surface area contributed by atoms with E-state index in [4.69, 9.17) is 4.74 Å². The SMILES string of the molecule is COc1cccc(N([C@H](C)C(=O)N[C@H](C)c2ccc(C)cc2)S(C)(=O)=O)c1. The van der Waals surface area contributed by atoms with Gasteiger partial charge in [0.1, 0.15) is 11.8 Å². The number of nitrogens with one attached hydrogen (secondary N) is 1. The van der Waals surface area contributed by atoms with Crippen molar-refractivity contribution in [1.29, 1.82) is 0 Å². The van der Waals surface area contributed by atoms with E-state index in [1.165, 1.54) is 7.11 Å². The minimum Gasteiger partial charge on any atom is -0.497 e. The summed E-state index contributed by atoms with van der Waals surface area (Å²) in [6, 6.07) is 13.3. The van der Waals surface area contributed by atoms with Crippen LogP contribution in [0.2, 0.25) is 0 Å². The van der Waals surface area contributed by atoms with Crippen LogP contribution in [0.3, 0.4) is 0 Å². The molecule has 2 aromatic rings. The van der Waals surface area contributed by atoms with Crippen LogP contribution in [0.15, 0.2) is 48.5 Å². The number of methoxy groups -OCH3 is 1. The van der Waals surface area contributed by atoms with E-state index in [2.05, 4.69) is 5.32 Å². The van der Waals surface area contributed by atoms with Crippen molar-refractivity contribution in [3.63, 3.8) is 0 Å². The zero-order valence-electron chi connectivity index (χ0n) is 16.3. The average molecular weight is 391 g/mol. The summed E-state index contributed by atoms with van der Waals surface area (Å²) in [4.78, 5) is 12.8. The molecule has 0 unspecified atom stereocenters. The molecule has 2 rings (SSSR count). The smallest absolute Gasteiger partial charge is 0.244 e. The van der Waals surface area contributed by atoms with Crippen molar-refractivity contribution in [3.8, 4) is 5.75 Å². The second kappa shape index (κ2) is 8.43. The van der Waals surface area contributed by atoms with Gasteiger partial charge in [-0.3, -0.25) is 9.10 Å². The second-order valence-electron chi connectivity index (χ2n) is 6.58. The summed E-state index contributed by atoms with van der Waals surface area (Å²) in [5.74, 6) is 0.137. The molecule has 1 amide bonds. The van der Waals surface area contributed by atoms with Crippen LogP contribution in [-0.2, 0) is 14.8 Å². The Kier molecular flexibility index (Phi) is 6.49. The Hall–Kier alpha value is -2.54. The maximum atomic E-state index is 12.8. The first-order valence-corrected chi connectivity index (χ1v) is 10.5. The number of sulfonamides is 1. The number of nitrogens with zero attached hydrogens (tertiary/aromatic N) is 1. The van der Waals surface area contributed by atoms with Crippen LogP contribution in [-0.4, -0.2) is 33.7 Å². The Morgan fingerprint density at radius 3 is 2.30 bits per heavy atom. The Balaban J connectivity index is 2.25. The van der Waals surface area contributed by atoms with Crippen LogP contribution in [0.4, 0.5) is 5.69 Å². The first kappa shape index (κ1) is 20.8. The largest absolute Gasteiger partial charge is 0.497 e. The fraction of sp³-hybridized carbons (Fsp3) is 0.350. The zero-order chi connectivity index (χ0) is 20.2. The van der Waals surface area contributed by atoms with Gasteiger partial charge in [-0.15, -0.1) is 0 Å². The molecule has 2 atom stereocenters. The second-order valence-corrected chi connectivity index (χ2v) is 8.44. The number of carbonyl (C=O) groups is 1. The van der Waals surface area contributed by atoms with E-state index >= 15 is 0 Å². The average Bonchev–Trinajstić information content (AvgIpc) is 2.61. The lowest BCUT2D eigenvalue weighted by molar-refractivity contribution is -0.122. The van der Waals surface area contributed by atoms with E-state index in [-0.39, 0.29) is 11.9 Å². The van der Waals surface area contributed by atoms with E-state index in [0.29, 0.717) is 11.4 Å². The highest BCUT2D eigenvalue weighted by atomic mass is 32.2. The molecule has 0 aliphatic rings. The van der Waals surface area contributed by atoms with Crippen molar-refractivity contribution in [2.24, 2.45) is 0 Å². The molecule has 0 aliphatic heterocycles. The third-order valence-corrected chi connectivity index (χ3v) is 5.57. The number of hydrogen-bond donors (Lipinski definition) is 1.